The van der Waals surface area contributed by atoms with Crippen LogP contribution in [-0.2, 0) is 10.4 Å². The van der Waals surface area contributed by atoms with Crippen molar-refractivity contribution in [1.82, 2.24) is 14.6 Å². The molecule has 0 saturated carbocycles. The lowest BCUT2D eigenvalue weighted by atomic mass is 9.82. The number of hydroxylamine groups is 2. The Morgan fingerprint density at radius 2 is 1.97 bits per heavy atom. The Hall–Kier alpha value is -3.49. The van der Waals surface area contributed by atoms with Gasteiger partial charge in [0.05, 0.1) is 49.6 Å². The van der Waals surface area contributed by atoms with Gasteiger partial charge < -0.3 is 14.4 Å². The normalized spacial score (nSPS) is 22.1. The van der Waals surface area contributed by atoms with E-state index in [1.165, 1.54) is 12.1 Å². The number of hydrogen-bond acceptors (Lipinski definition) is 6. The molecule has 2 unspecified atom stereocenters. The lowest BCUT2D eigenvalue weighted by Gasteiger charge is -2.49. The molecule has 2 atom stereocenters. The predicted octanol–water partition coefficient (Wildman–Crippen LogP) is 5.45. The van der Waals surface area contributed by atoms with Crippen molar-refractivity contribution < 1.29 is 19.1 Å². The Balaban J connectivity index is 0.00000156. The number of hydrogen-bond donors (Lipinski definition) is 1. The van der Waals surface area contributed by atoms with Crippen LogP contribution < -0.4 is 4.74 Å². The third-order valence-electron chi connectivity index (χ3n) is 6.67. The third-order valence-corrected chi connectivity index (χ3v) is 6.67. The third kappa shape index (κ3) is 5.31. The number of methoxy groups -OCH3 is 1. The van der Waals surface area contributed by atoms with E-state index >= 15 is 0 Å². The van der Waals surface area contributed by atoms with Crippen LogP contribution in [0.5, 0.6) is 5.75 Å². The Morgan fingerprint density at radius 1 is 1.22 bits per heavy atom. The van der Waals surface area contributed by atoms with Gasteiger partial charge in [0.1, 0.15) is 11.6 Å². The van der Waals surface area contributed by atoms with Crippen molar-refractivity contribution in [3.8, 4) is 11.4 Å². The highest BCUT2D eigenvalue weighted by Gasteiger charge is 2.45. The van der Waals surface area contributed by atoms with Gasteiger partial charge in [0.2, 0.25) is 0 Å². The number of imidazole rings is 1. The molecule has 3 heterocycles. The summed E-state index contributed by atoms with van der Waals surface area (Å²) < 4.78 is 21.2. The van der Waals surface area contributed by atoms with Crippen LogP contribution in [0.1, 0.15) is 50.4 Å². The maximum Gasteiger partial charge on any atom is 0.152 e. The minimum atomic E-state index is -0.599. The molecule has 2 aliphatic heterocycles. The van der Waals surface area contributed by atoms with Crippen molar-refractivity contribution in [3.05, 3.63) is 83.2 Å². The SMILES string of the molecule is CC.COc1cc(/C=C2\CCON3C2=NC(CO)CC3(C)c2ccc(F)cc2)ccc1-n1cnc(C)c1. The molecule has 8 heteroatoms. The molecule has 0 bridgehead atoms. The number of rotatable bonds is 5. The van der Waals surface area contributed by atoms with E-state index in [0.717, 1.165) is 33.8 Å². The number of aromatic nitrogens is 2. The van der Waals surface area contributed by atoms with Crippen molar-refractivity contribution in [2.45, 2.75) is 52.1 Å². The smallest absolute Gasteiger partial charge is 0.152 e. The molecule has 5 rings (SSSR count). The minimum Gasteiger partial charge on any atom is -0.495 e. The van der Waals surface area contributed by atoms with Gasteiger partial charge >= 0.3 is 0 Å². The van der Waals surface area contributed by atoms with E-state index in [4.69, 9.17) is 14.6 Å². The van der Waals surface area contributed by atoms with Crippen LogP contribution in [-0.4, -0.2) is 51.9 Å². The minimum absolute atomic E-state index is 0.0752. The number of ether oxygens (including phenoxy) is 1. The zero-order valence-electron chi connectivity index (χ0n) is 22.1. The van der Waals surface area contributed by atoms with Gasteiger partial charge in [-0.15, -0.1) is 0 Å². The molecule has 1 fully saturated rings. The van der Waals surface area contributed by atoms with Crippen molar-refractivity contribution in [2.75, 3.05) is 20.3 Å². The van der Waals surface area contributed by atoms with Gasteiger partial charge in [-0.25, -0.2) is 14.4 Å². The summed E-state index contributed by atoms with van der Waals surface area (Å²) in [5.74, 6) is 1.14. The van der Waals surface area contributed by atoms with Gasteiger partial charge in [0.25, 0.3) is 0 Å². The summed E-state index contributed by atoms with van der Waals surface area (Å²) in [5, 5.41) is 11.9. The fraction of sp³-hybridized carbons (Fsp3) is 0.379. The second kappa shape index (κ2) is 11.3. The number of amidine groups is 1. The number of aliphatic hydroxyl groups is 1. The van der Waals surface area contributed by atoms with Gasteiger partial charge in [0.15, 0.2) is 5.84 Å². The van der Waals surface area contributed by atoms with Crippen LogP contribution in [0.4, 0.5) is 4.39 Å². The zero-order chi connectivity index (χ0) is 26.6. The number of aliphatic imine (C=N–C) groups is 1. The van der Waals surface area contributed by atoms with Crippen LogP contribution in [0, 0.1) is 12.7 Å². The van der Waals surface area contributed by atoms with E-state index in [9.17, 15) is 9.50 Å². The van der Waals surface area contributed by atoms with Crippen molar-refractivity contribution in [2.24, 2.45) is 4.99 Å². The number of benzene rings is 2. The summed E-state index contributed by atoms with van der Waals surface area (Å²) in [7, 11) is 1.65. The summed E-state index contributed by atoms with van der Waals surface area (Å²) in [6.07, 6.45) is 7.04. The number of nitrogens with zero attached hydrogens (tertiary/aromatic N) is 4. The van der Waals surface area contributed by atoms with Crippen molar-refractivity contribution in [3.63, 3.8) is 0 Å². The van der Waals surface area contributed by atoms with Gasteiger partial charge in [0, 0.05) is 19.0 Å². The number of fused-ring (bicyclic) bond motifs is 1. The fourth-order valence-electron chi connectivity index (χ4n) is 4.86. The highest BCUT2D eigenvalue weighted by atomic mass is 19.1. The van der Waals surface area contributed by atoms with E-state index in [0.29, 0.717) is 25.3 Å². The second-order valence-corrected chi connectivity index (χ2v) is 9.17. The molecule has 1 aromatic heterocycles. The summed E-state index contributed by atoms with van der Waals surface area (Å²) in [4.78, 5) is 15.3. The summed E-state index contributed by atoms with van der Waals surface area (Å²) in [6, 6.07) is 12.2. The molecule has 37 heavy (non-hydrogen) atoms. The standard InChI is InChI=1S/C27H29FN4O3.C2H6/c1-18-15-31(17-29-18)24-9-4-19(13-25(24)34-3)12-20-10-11-35-32-26(20)30-23(16-33)14-27(32,2)21-5-7-22(28)8-6-21;1-2/h4-9,12-13,15,17,23,33H,10-11,14,16H2,1-3H3;1-2H3/b20-12+;. The zero-order valence-corrected chi connectivity index (χ0v) is 22.1. The molecule has 0 aliphatic carbocycles. The monoisotopic (exact) mass is 506 g/mol. The predicted molar refractivity (Wildman–Crippen MR) is 143 cm³/mol. The fourth-order valence-corrected chi connectivity index (χ4v) is 4.86. The Labute approximate surface area is 217 Å². The lowest BCUT2D eigenvalue weighted by Crippen LogP contribution is -2.55. The molecule has 196 valence electrons. The topological polar surface area (TPSA) is 72.1 Å². The summed E-state index contributed by atoms with van der Waals surface area (Å²) in [5.41, 5.74) is 4.13. The van der Waals surface area contributed by atoms with Crippen molar-refractivity contribution >= 4 is 11.9 Å². The van der Waals surface area contributed by atoms with Crippen molar-refractivity contribution in [1.29, 1.82) is 0 Å². The molecular weight excluding hydrogens is 471 g/mol. The molecule has 2 aliphatic rings. The van der Waals surface area contributed by atoms with Crippen LogP contribution in [0.2, 0.25) is 0 Å². The Morgan fingerprint density at radius 3 is 2.62 bits per heavy atom. The molecule has 0 spiro atoms. The van der Waals surface area contributed by atoms with Crippen LogP contribution in [0.3, 0.4) is 0 Å². The molecular formula is C29H35FN4O3. The average Bonchev–Trinajstić information content (AvgIpc) is 3.36. The maximum absolute atomic E-state index is 13.6. The first-order valence-electron chi connectivity index (χ1n) is 12.7. The Bertz CT molecular complexity index is 1280. The molecule has 3 aromatic rings. The first kappa shape index (κ1) is 26.6. The van der Waals surface area contributed by atoms with Crippen LogP contribution in [0.25, 0.3) is 11.8 Å². The van der Waals surface area contributed by atoms with E-state index in [-0.39, 0.29) is 18.5 Å². The summed E-state index contributed by atoms with van der Waals surface area (Å²) in [6.45, 7) is 8.41. The first-order chi connectivity index (χ1) is 17.9. The molecule has 1 N–H and O–H groups in total. The maximum atomic E-state index is 13.6. The van der Waals surface area contributed by atoms with E-state index in [2.05, 4.69) is 11.1 Å². The van der Waals surface area contributed by atoms with Gasteiger partial charge in [-0.2, -0.15) is 0 Å². The highest BCUT2D eigenvalue weighted by molar-refractivity contribution is 6.03. The quantitative estimate of drug-likeness (QED) is 0.498. The molecule has 0 amide bonds. The van der Waals surface area contributed by atoms with Crippen LogP contribution >= 0.6 is 0 Å². The Kier molecular flexibility index (Phi) is 8.10. The average molecular weight is 507 g/mol. The second-order valence-electron chi connectivity index (χ2n) is 9.17. The highest BCUT2D eigenvalue weighted by Crippen LogP contribution is 2.41. The van der Waals surface area contributed by atoms with E-state index in [1.54, 1.807) is 25.6 Å². The number of aryl methyl sites for hydroxylation is 1. The summed E-state index contributed by atoms with van der Waals surface area (Å²) >= 11 is 0. The molecule has 2 aromatic carbocycles. The molecule has 7 nitrogen and oxygen atoms in total. The van der Waals surface area contributed by atoms with Gasteiger partial charge in [-0.3, -0.25) is 9.83 Å². The largest absolute Gasteiger partial charge is 0.495 e. The van der Waals surface area contributed by atoms with Gasteiger partial charge in [-0.1, -0.05) is 32.0 Å². The number of halogens is 1. The molecule has 0 radical (unpaired) electrons. The molecule has 1 saturated heterocycles. The van der Waals surface area contributed by atoms with Gasteiger partial charge in [-0.05, 0) is 60.9 Å². The first-order valence-corrected chi connectivity index (χ1v) is 12.7. The lowest BCUT2D eigenvalue weighted by molar-refractivity contribution is -0.181. The van der Waals surface area contributed by atoms with E-state index in [1.807, 2.05) is 61.7 Å². The van der Waals surface area contributed by atoms with E-state index < -0.39 is 5.54 Å². The van der Waals surface area contributed by atoms with Crippen LogP contribution in [0.15, 0.2) is 65.6 Å². The number of aliphatic hydroxyl groups excluding tert-OH is 1.